The van der Waals surface area contributed by atoms with E-state index in [2.05, 4.69) is 55.5 Å². The Bertz CT molecular complexity index is 2420. The molecular formula is C39H26O6. The van der Waals surface area contributed by atoms with Gasteiger partial charge < -0.3 is 29.9 Å². The maximum absolute atomic E-state index is 11.0. The van der Waals surface area contributed by atoms with Crippen molar-refractivity contribution in [2.75, 3.05) is 0 Å². The van der Waals surface area contributed by atoms with Gasteiger partial charge in [0.05, 0.1) is 5.56 Å². The third-order valence-corrected chi connectivity index (χ3v) is 8.66. The van der Waals surface area contributed by atoms with Crippen molar-refractivity contribution in [3.05, 3.63) is 115 Å². The Morgan fingerprint density at radius 3 is 1.56 bits per heavy atom. The van der Waals surface area contributed by atoms with Gasteiger partial charge in [-0.15, -0.1) is 0 Å². The standard InChI is InChI=1S/C39H26O6/c1-20-7-6-8-21(17-20)22-13-15-24-29-18-23(14-16-30(29)45-31(24)19-22)32-25-9-2-4-11-27(25)33(28-12-5-3-10-26(28)32)34-35(40)37(42)39(44)38(43)36(34)41/h2-19,40-44H,1H3. The highest BCUT2D eigenvalue weighted by molar-refractivity contribution is 6.23. The van der Waals surface area contributed by atoms with Crippen LogP contribution < -0.4 is 0 Å². The highest BCUT2D eigenvalue weighted by Crippen LogP contribution is 2.57. The lowest BCUT2D eigenvalue weighted by atomic mass is 9.85. The molecule has 0 radical (unpaired) electrons. The molecule has 1 aromatic heterocycles. The summed E-state index contributed by atoms with van der Waals surface area (Å²) < 4.78 is 6.32. The molecule has 7 aromatic carbocycles. The van der Waals surface area contributed by atoms with E-state index in [9.17, 15) is 25.5 Å². The smallest absolute Gasteiger partial charge is 0.208 e. The number of aromatic hydroxyl groups is 5. The maximum atomic E-state index is 11.0. The molecule has 0 spiro atoms. The second kappa shape index (κ2) is 9.69. The van der Waals surface area contributed by atoms with Crippen LogP contribution in [0.5, 0.6) is 28.7 Å². The average molecular weight is 591 g/mol. The Kier molecular flexibility index (Phi) is 5.70. The highest BCUT2D eigenvalue weighted by Gasteiger charge is 2.28. The number of rotatable bonds is 3. The molecule has 8 rings (SSSR count). The SMILES string of the molecule is Cc1cccc(-c2ccc3c(c2)oc2ccc(-c4c5ccccc5c(-c5c(O)c(O)c(O)c(O)c5O)c5ccccc45)cc23)c1. The van der Waals surface area contributed by atoms with E-state index in [0.717, 1.165) is 55.0 Å². The zero-order valence-corrected chi connectivity index (χ0v) is 24.0. The average Bonchev–Trinajstić information content (AvgIpc) is 3.43. The van der Waals surface area contributed by atoms with Gasteiger partial charge in [0.15, 0.2) is 11.5 Å². The van der Waals surface area contributed by atoms with Crippen molar-refractivity contribution in [3.8, 4) is 62.1 Å². The van der Waals surface area contributed by atoms with Crippen LogP contribution in [0.2, 0.25) is 0 Å². The maximum Gasteiger partial charge on any atom is 0.208 e. The third-order valence-electron chi connectivity index (χ3n) is 8.66. The summed E-state index contributed by atoms with van der Waals surface area (Å²) in [7, 11) is 0. The summed E-state index contributed by atoms with van der Waals surface area (Å²) in [5.74, 6) is -4.30. The number of aryl methyl sites for hydroxylation is 1. The molecular weight excluding hydrogens is 564 g/mol. The lowest BCUT2D eigenvalue weighted by Crippen LogP contribution is -1.92. The van der Waals surface area contributed by atoms with E-state index in [4.69, 9.17) is 4.42 Å². The fraction of sp³-hybridized carbons (Fsp3) is 0.0256. The Hall–Kier alpha value is -6.14. The van der Waals surface area contributed by atoms with Crippen LogP contribution in [0, 0.1) is 6.92 Å². The molecule has 8 aromatic rings. The molecule has 0 aliphatic carbocycles. The van der Waals surface area contributed by atoms with E-state index in [1.54, 1.807) is 0 Å². The molecule has 218 valence electrons. The Balaban J connectivity index is 1.40. The third kappa shape index (κ3) is 3.89. The normalized spacial score (nSPS) is 11.7. The van der Waals surface area contributed by atoms with Crippen LogP contribution in [-0.2, 0) is 0 Å². The molecule has 0 saturated carbocycles. The van der Waals surface area contributed by atoms with Crippen LogP contribution in [0.3, 0.4) is 0 Å². The molecule has 0 saturated heterocycles. The van der Waals surface area contributed by atoms with Gasteiger partial charge >= 0.3 is 0 Å². The summed E-state index contributed by atoms with van der Waals surface area (Å²) in [6.45, 7) is 2.08. The summed E-state index contributed by atoms with van der Waals surface area (Å²) in [5, 5.41) is 57.7. The van der Waals surface area contributed by atoms with Gasteiger partial charge in [0.1, 0.15) is 11.2 Å². The lowest BCUT2D eigenvalue weighted by molar-refractivity contribution is 0.330. The van der Waals surface area contributed by atoms with E-state index in [0.29, 0.717) is 16.3 Å². The first-order valence-corrected chi connectivity index (χ1v) is 14.5. The molecule has 0 aliphatic heterocycles. The molecule has 0 fully saturated rings. The number of phenols is 5. The fourth-order valence-corrected chi connectivity index (χ4v) is 6.57. The summed E-state index contributed by atoms with van der Waals surface area (Å²) >= 11 is 0. The van der Waals surface area contributed by atoms with Gasteiger partial charge in [0.2, 0.25) is 17.2 Å². The number of hydrogen-bond acceptors (Lipinski definition) is 6. The van der Waals surface area contributed by atoms with Crippen LogP contribution in [0.1, 0.15) is 5.56 Å². The number of benzene rings is 7. The van der Waals surface area contributed by atoms with E-state index in [-0.39, 0.29) is 5.56 Å². The largest absolute Gasteiger partial charge is 0.504 e. The van der Waals surface area contributed by atoms with Crippen LogP contribution in [-0.4, -0.2) is 25.5 Å². The van der Waals surface area contributed by atoms with Crippen molar-refractivity contribution in [2.24, 2.45) is 0 Å². The summed E-state index contributed by atoms with van der Waals surface area (Å²) in [6.07, 6.45) is 0. The van der Waals surface area contributed by atoms with Crippen LogP contribution in [0.15, 0.2) is 114 Å². The molecule has 1 heterocycles. The Morgan fingerprint density at radius 2 is 0.933 bits per heavy atom. The quantitative estimate of drug-likeness (QED) is 0.0795. The van der Waals surface area contributed by atoms with Crippen molar-refractivity contribution >= 4 is 43.5 Å². The monoisotopic (exact) mass is 590 g/mol. The summed E-state index contributed by atoms with van der Waals surface area (Å²) in [5.41, 5.74) is 7.07. The second-order valence-electron chi connectivity index (χ2n) is 11.4. The number of furan rings is 1. The zero-order chi connectivity index (χ0) is 31.0. The molecule has 0 atom stereocenters. The van der Waals surface area contributed by atoms with E-state index in [1.807, 2.05) is 60.7 Å². The molecule has 6 heteroatoms. The minimum Gasteiger partial charge on any atom is -0.504 e. The van der Waals surface area contributed by atoms with Gasteiger partial charge in [0, 0.05) is 16.3 Å². The predicted molar refractivity (Wildman–Crippen MR) is 178 cm³/mol. The van der Waals surface area contributed by atoms with Crippen molar-refractivity contribution in [2.45, 2.75) is 6.92 Å². The second-order valence-corrected chi connectivity index (χ2v) is 11.4. The van der Waals surface area contributed by atoms with Gasteiger partial charge in [-0.3, -0.25) is 0 Å². The van der Waals surface area contributed by atoms with Gasteiger partial charge in [-0.2, -0.15) is 0 Å². The van der Waals surface area contributed by atoms with Crippen molar-refractivity contribution in [1.82, 2.24) is 0 Å². The molecule has 5 N–H and O–H groups in total. The minimum atomic E-state index is -0.995. The number of fused-ring (bicyclic) bond motifs is 5. The molecule has 0 aliphatic rings. The first-order chi connectivity index (χ1) is 21.8. The molecule has 0 bridgehead atoms. The predicted octanol–water partition coefficient (Wildman–Crippen LogP) is 9.73. The van der Waals surface area contributed by atoms with Crippen LogP contribution in [0.25, 0.3) is 76.9 Å². The van der Waals surface area contributed by atoms with Gasteiger partial charge in [0.25, 0.3) is 0 Å². The van der Waals surface area contributed by atoms with E-state index >= 15 is 0 Å². The molecule has 6 nitrogen and oxygen atoms in total. The number of hydrogen-bond donors (Lipinski definition) is 5. The number of phenolic OH excluding ortho intramolecular Hbond substituents is 5. The zero-order valence-electron chi connectivity index (χ0n) is 24.0. The highest BCUT2D eigenvalue weighted by atomic mass is 16.4. The summed E-state index contributed by atoms with van der Waals surface area (Å²) in [4.78, 5) is 0. The van der Waals surface area contributed by atoms with Crippen molar-refractivity contribution in [1.29, 1.82) is 0 Å². The van der Waals surface area contributed by atoms with Crippen molar-refractivity contribution < 1.29 is 29.9 Å². The first-order valence-electron chi connectivity index (χ1n) is 14.5. The lowest BCUT2D eigenvalue weighted by Gasteiger charge is -2.20. The van der Waals surface area contributed by atoms with Gasteiger partial charge in [-0.1, -0.05) is 90.5 Å². The van der Waals surface area contributed by atoms with Crippen LogP contribution in [0.4, 0.5) is 0 Å². The Labute approximate surface area is 256 Å². The summed E-state index contributed by atoms with van der Waals surface area (Å²) in [6, 6.07) is 35.9. The van der Waals surface area contributed by atoms with Crippen LogP contribution >= 0.6 is 0 Å². The molecule has 0 unspecified atom stereocenters. The van der Waals surface area contributed by atoms with E-state index < -0.39 is 28.7 Å². The topological polar surface area (TPSA) is 114 Å². The molecule has 45 heavy (non-hydrogen) atoms. The minimum absolute atomic E-state index is 0.178. The van der Waals surface area contributed by atoms with Gasteiger partial charge in [-0.05, 0) is 75.0 Å². The van der Waals surface area contributed by atoms with E-state index in [1.165, 1.54) is 5.56 Å². The molecule has 0 amide bonds. The Morgan fingerprint density at radius 1 is 0.378 bits per heavy atom. The van der Waals surface area contributed by atoms with Gasteiger partial charge in [-0.25, -0.2) is 0 Å². The fourth-order valence-electron chi connectivity index (χ4n) is 6.57. The van der Waals surface area contributed by atoms with Crippen molar-refractivity contribution in [3.63, 3.8) is 0 Å². The first kappa shape index (κ1) is 26.5.